The van der Waals surface area contributed by atoms with Gasteiger partial charge in [-0.2, -0.15) is 0 Å². The summed E-state index contributed by atoms with van der Waals surface area (Å²) in [6.07, 6.45) is 0. The fourth-order valence-electron chi connectivity index (χ4n) is 2.40. The summed E-state index contributed by atoms with van der Waals surface area (Å²) < 4.78 is 5.01. The van der Waals surface area contributed by atoms with Crippen LogP contribution < -0.4 is 4.90 Å². The molecule has 1 heterocycles. The van der Waals surface area contributed by atoms with Gasteiger partial charge in [-0.1, -0.05) is 35.5 Å². The summed E-state index contributed by atoms with van der Waals surface area (Å²) in [5, 5.41) is 3.84. The molecule has 0 fully saturated rings. The van der Waals surface area contributed by atoms with E-state index in [0.29, 0.717) is 18.1 Å². The average Bonchev–Trinajstić information content (AvgIpc) is 2.96. The molecule has 2 amide bonds. The average molecular weight is 329 g/mol. The van der Waals surface area contributed by atoms with Crippen LogP contribution in [0, 0.1) is 6.92 Å². The van der Waals surface area contributed by atoms with Crippen LogP contribution in [0.5, 0.6) is 0 Å². The molecule has 0 atom stereocenters. The Morgan fingerprint density at radius 2 is 1.88 bits per heavy atom. The maximum Gasteiger partial charge on any atom is 0.243 e. The van der Waals surface area contributed by atoms with Gasteiger partial charge in [0.1, 0.15) is 12.3 Å². The highest BCUT2D eigenvalue weighted by molar-refractivity contribution is 5.96. The summed E-state index contributed by atoms with van der Waals surface area (Å²) in [4.78, 5) is 27.8. The fraction of sp³-hybridized carbons (Fsp3) is 0.389. The highest BCUT2D eigenvalue weighted by Crippen LogP contribution is 2.16. The van der Waals surface area contributed by atoms with Crippen LogP contribution in [0.1, 0.15) is 32.1 Å². The molecule has 1 aromatic heterocycles. The Bertz CT molecular complexity index is 695. The van der Waals surface area contributed by atoms with E-state index in [-0.39, 0.29) is 24.4 Å². The van der Waals surface area contributed by atoms with Crippen molar-refractivity contribution >= 4 is 17.6 Å². The van der Waals surface area contributed by atoms with E-state index in [9.17, 15) is 9.59 Å². The normalized spacial score (nSPS) is 10.7. The molecule has 2 aromatic rings. The number of benzene rings is 1. The number of anilines is 1. The minimum atomic E-state index is -0.250. The number of hydrogen-bond donors (Lipinski definition) is 0. The molecule has 2 rings (SSSR count). The van der Waals surface area contributed by atoms with Crippen molar-refractivity contribution in [1.82, 2.24) is 10.1 Å². The number of rotatable bonds is 6. The molecular formula is C18H23N3O3. The van der Waals surface area contributed by atoms with Crippen LogP contribution >= 0.6 is 0 Å². The highest BCUT2D eigenvalue weighted by Gasteiger charge is 2.24. The lowest BCUT2D eigenvalue weighted by Gasteiger charge is -2.29. The van der Waals surface area contributed by atoms with Gasteiger partial charge >= 0.3 is 0 Å². The van der Waals surface area contributed by atoms with Crippen LogP contribution in [0.3, 0.4) is 0 Å². The Morgan fingerprint density at radius 1 is 1.21 bits per heavy atom. The van der Waals surface area contributed by atoms with E-state index in [1.165, 1.54) is 11.8 Å². The van der Waals surface area contributed by atoms with Crippen LogP contribution in [0.4, 0.5) is 5.82 Å². The van der Waals surface area contributed by atoms with Gasteiger partial charge in [0.05, 0.1) is 0 Å². The van der Waals surface area contributed by atoms with Gasteiger partial charge in [-0.3, -0.25) is 14.5 Å². The first-order valence-corrected chi connectivity index (χ1v) is 7.93. The number of aromatic nitrogens is 1. The Balaban J connectivity index is 2.15. The van der Waals surface area contributed by atoms with E-state index in [1.807, 2.05) is 44.2 Å². The summed E-state index contributed by atoms with van der Waals surface area (Å²) in [6.45, 7) is 7.51. The van der Waals surface area contributed by atoms with E-state index < -0.39 is 0 Å². The van der Waals surface area contributed by atoms with E-state index in [4.69, 9.17) is 4.52 Å². The largest absolute Gasteiger partial charge is 0.360 e. The van der Waals surface area contributed by atoms with Crippen LogP contribution in [0.2, 0.25) is 0 Å². The third kappa shape index (κ3) is 4.44. The maximum atomic E-state index is 12.8. The number of carbonyl (C=O) groups excluding carboxylic acids is 2. The Labute approximate surface area is 142 Å². The van der Waals surface area contributed by atoms with Crippen LogP contribution in [0.15, 0.2) is 40.9 Å². The van der Waals surface area contributed by atoms with Crippen molar-refractivity contribution in [2.24, 2.45) is 0 Å². The van der Waals surface area contributed by atoms with Crippen LogP contribution in [-0.2, 0) is 16.1 Å². The van der Waals surface area contributed by atoms with Gasteiger partial charge in [0, 0.05) is 25.6 Å². The van der Waals surface area contributed by atoms with Crippen molar-refractivity contribution in [3.05, 3.63) is 47.7 Å². The Kier molecular flexibility index (Phi) is 5.73. The van der Waals surface area contributed by atoms with Crippen LogP contribution in [-0.4, -0.2) is 34.5 Å². The lowest BCUT2D eigenvalue weighted by Crippen LogP contribution is -2.45. The van der Waals surface area contributed by atoms with Crippen molar-refractivity contribution in [3.63, 3.8) is 0 Å². The Hall–Kier alpha value is -2.63. The number of carbonyl (C=O) groups is 2. The monoisotopic (exact) mass is 329 g/mol. The number of aryl methyl sites for hydroxylation is 1. The van der Waals surface area contributed by atoms with E-state index in [0.717, 1.165) is 5.56 Å². The number of nitrogens with zero attached hydrogens (tertiary/aromatic N) is 3. The third-order valence-electron chi connectivity index (χ3n) is 3.70. The molecule has 24 heavy (non-hydrogen) atoms. The van der Waals surface area contributed by atoms with Gasteiger partial charge in [-0.15, -0.1) is 0 Å². The molecule has 0 unspecified atom stereocenters. The lowest BCUT2D eigenvalue weighted by atomic mass is 10.2. The molecule has 0 aliphatic heterocycles. The molecule has 0 radical (unpaired) electrons. The minimum absolute atomic E-state index is 0.0190. The molecule has 6 nitrogen and oxygen atoms in total. The second kappa shape index (κ2) is 7.77. The summed E-state index contributed by atoms with van der Waals surface area (Å²) in [6, 6.07) is 11.4. The standard InChI is InChI=1S/C18H23N3O3/c1-13(2)20(11-16-8-6-5-7-9-16)18(23)12-21(15(4)22)17-10-14(3)24-19-17/h5-10,13H,11-12H2,1-4H3. The summed E-state index contributed by atoms with van der Waals surface area (Å²) in [5.74, 6) is 0.565. The van der Waals surface area contributed by atoms with Crippen molar-refractivity contribution in [2.75, 3.05) is 11.4 Å². The molecule has 0 saturated carbocycles. The molecule has 1 aromatic carbocycles. The predicted molar refractivity (Wildman–Crippen MR) is 91.4 cm³/mol. The topological polar surface area (TPSA) is 66.7 Å². The minimum Gasteiger partial charge on any atom is -0.360 e. The third-order valence-corrected chi connectivity index (χ3v) is 3.70. The SMILES string of the molecule is CC(=O)N(CC(=O)N(Cc1ccccc1)C(C)C)c1cc(C)on1. The molecule has 0 bridgehead atoms. The van der Waals surface area contributed by atoms with Gasteiger partial charge in [-0.25, -0.2) is 0 Å². The lowest BCUT2D eigenvalue weighted by molar-refractivity contribution is -0.133. The van der Waals surface area contributed by atoms with Crippen molar-refractivity contribution in [2.45, 2.75) is 40.3 Å². The zero-order valence-electron chi connectivity index (χ0n) is 14.5. The first kappa shape index (κ1) is 17.7. The second-order valence-corrected chi connectivity index (χ2v) is 6.00. The second-order valence-electron chi connectivity index (χ2n) is 6.00. The summed E-state index contributed by atoms with van der Waals surface area (Å²) in [7, 11) is 0. The van der Waals surface area contributed by atoms with Crippen molar-refractivity contribution in [1.29, 1.82) is 0 Å². The molecule has 0 aliphatic carbocycles. The summed E-state index contributed by atoms with van der Waals surface area (Å²) >= 11 is 0. The molecule has 128 valence electrons. The molecule has 0 spiro atoms. The van der Waals surface area contributed by atoms with Gasteiger partial charge in [0.15, 0.2) is 5.82 Å². The zero-order valence-corrected chi connectivity index (χ0v) is 14.5. The van der Waals surface area contributed by atoms with Crippen LogP contribution in [0.25, 0.3) is 0 Å². The zero-order chi connectivity index (χ0) is 17.7. The van der Waals surface area contributed by atoms with Crippen molar-refractivity contribution < 1.29 is 14.1 Å². The van der Waals surface area contributed by atoms with Gasteiger partial charge in [-0.05, 0) is 26.3 Å². The number of hydrogen-bond acceptors (Lipinski definition) is 4. The quantitative estimate of drug-likeness (QED) is 0.817. The van der Waals surface area contributed by atoms with Crippen molar-refractivity contribution in [3.8, 4) is 0 Å². The maximum absolute atomic E-state index is 12.8. The molecule has 6 heteroatoms. The highest BCUT2D eigenvalue weighted by atomic mass is 16.5. The van der Waals surface area contributed by atoms with E-state index >= 15 is 0 Å². The van der Waals surface area contributed by atoms with Gasteiger partial charge < -0.3 is 9.42 Å². The molecule has 0 saturated heterocycles. The fourth-order valence-corrected chi connectivity index (χ4v) is 2.40. The van der Waals surface area contributed by atoms with E-state index in [1.54, 1.807) is 17.9 Å². The first-order chi connectivity index (χ1) is 11.4. The Morgan fingerprint density at radius 3 is 2.38 bits per heavy atom. The summed E-state index contributed by atoms with van der Waals surface area (Å²) in [5.41, 5.74) is 1.05. The first-order valence-electron chi connectivity index (χ1n) is 7.93. The molecule has 0 N–H and O–H groups in total. The van der Waals surface area contributed by atoms with Gasteiger partial charge in [0.2, 0.25) is 11.8 Å². The van der Waals surface area contributed by atoms with E-state index in [2.05, 4.69) is 5.16 Å². The smallest absolute Gasteiger partial charge is 0.243 e. The predicted octanol–water partition coefficient (Wildman–Crippen LogP) is 2.77. The van der Waals surface area contributed by atoms with Gasteiger partial charge in [0.25, 0.3) is 0 Å². The molecular weight excluding hydrogens is 306 g/mol. The number of amides is 2. The molecule has 0 aliphatic rings.